The number of amides is 2. The number of carbonyl (C=O) groups is 3. The van der Waals surface area contributed by atoms with E-state index in [1.165, 1.54) is 12.8 Å². The molecule has 0 bridgehead atoms. The minimum Gasteiger partial charge on any atom is -0.444 e. The Morgan fingerprint density at radius 2 is 1.18 bits per heavy atom. The van der Waals surface area contributed by atoms with E-state index in [0.717, 1.165) is 73.7 Å². The number of nitrogens with two attached hydrogens (primary N) is 1. The third-order valence-corrected chi connectivity index (χ3v) is 11.6. The van der Waals surface area contributed by atoms with Crippen LogP contribution in [-0.2, 0) is 22.7 Å². The van der Waals surface area contributed by atoms with Crippen molar-refractivity contribution in [1.82, 2.24) is 5.32 Å². The molecule has 0 spiro atoms. The van der Waals surface area contributed by atoms with Crippen molar-refractivity contribution in [1.29, 1.82) is 0 Å². The van der Waals surface area contributed by atoms with Gasteiger partial charge in [-0.25, -0.2) is 9.59 Å². The fraction of sp³-hybridized carbons (Fsp3) is 0.413. The van der Waals surface area contributed by atoms with Gasteiger partial charge in [-0.2, -0.15) is 0 Å². The molecule has 4 fully saturated rings. The van der Waals surface area contributed by atoms with Crippen LogP contribution in [0.3, 0.4) is 0 Å². The predicted octanol–water partition coefficient (Wildman–Crippen LogP) is 9.11. The average molecular weight is 742 g/mol. The van der Waals surface area contributed by atoms with Crippen LogP contribution in [0.1, 0.15) is 98.6 Å². The number of hydrogen-bond donors (Lipinski definition) is 2. The van der Waals surface area contributed by atoms with Crippen LogP contribution in [0.4, 0.5) is 21.0 Å². The van der Waals surface area contributed by atoms with Gasteiger partial charge in [0.2, 0.25) is 0 Å². The minimum absolute atomic E-state index is 0.0157. The van der Waals surface area contributed by atoms with Crippen molar-refractivity contribution in [3.8, 4) is 0 Å². The molecular formula is C46H52N4O5. The molecule has 55 heavy (non-hydrogen) atoms. The molecule has 6 aliphatic rings. The molecule has 0 radical (unpaired) electrons. The average Bonchev–Trinajstić information content (AvgIpc) is 4.10. The van der Waals surface area contributed by atoms with Crippen molar-refractivity contribution in [2.24, 2.45) is 17.6 Å². The second kappa shape index (κ2) is 16.8. The molecule has 5 unspecified atom stereocenters. The van der Waals surface area contributed by atoms with E-state index in [0.29, 0.717) is 23.3 Å². The van der Waals surface area contributed by atoms with Crippen LogP contribution in [0.2, 0.25) is 0 Å². The number of nitrogens with one attached hydrogen (secondary N) is 1. The lowest BCUT2D eigenvalue weighted by Gasteiger charge is -2.43. The number of anilines is 2. The van der Waals surface area contributed by atoms with Crippen molar-refractivity contribution in [2.75, 3.05) is 9.80 Å². The predicted molar refractivity (Wildman–Crippen MR) is 214 cm³/mol. The number of fused-ring (bicyclic) bond motifs is 4. The number of hydrogen-bond acceptors (Lipinski definition) is 7. The van der Waals surface area contributed by atoms with Crippen molar-refractivity contribution in [3.05, 3.63) is 131 Å². The van der Waals surface area contributed by atoms with Gasteiger partial charge in [-0.15, -0.1) is 0 Å². The molecule has 4 aromatic rings. The second-order valence-electron chi connectivity index (χ2n) is 15.6. The van der Waals surface area contributed by atoms with Gasteiger partial charge in [0, 0.05) is 35.6 Å². The highest BCUT2D eigenvalue weighted by molar-refractivity contribution is 6.09. The standard InChI is InChI=1S/C23H26N2O2.C20H19NO3.C3H7N/c26-23(27-15-16-7-2-1-3-8-16)25-20-11-5-4-9-18(20)22(24-17-13-14-17)19-10-6-12-21(19)25;22-19-15-9-4-5-11-17(15)21(18-12-6-10-16(18)19)20(23)24-13-14-7-2-1-3-8-14;4-3-1-2-3/h1-5,7-9,11,17,19,21-22,24H,6,10,12-15H2;1-5,7-9,11,16,18H,6,10,12-13H2;3H,1-2,4H2/i22D;;. The van der Waals surface area contributed by atoms with Gasteiger partial charge in [-0.3, -0.25) is 14.6 Å². The largest absolute Gasteiger partial charge is 0.444 e. The number of nitrogens with zero attached hydrogens (tertiary/aromatic N) is 2. The first-order chi connectivity index (χ1) is 27.3. The van der Waals surface area contributed by atoms with E-state index in [4.69, 9.17) is 15.2 Å². The molecule has 0 saturated heterocycles. The Bertz CT molecular complexity index is 2010. The number of Topliss-reactive ketones (excluding diaryl/α,β-unsaturated/α-hetero) is 1. The normalized spacial score (nSPS) is 26.1. The molecular weight excluding hydrogens is 689 g/mol. The molecule has 4 aromatic carbocycles. The number of carbonyl (C=O) groups excluding carboxylic acids is 3. The third-order valence-electron chi connectivity index (χ3n) is 11.6. The van der Waals surface area contributed by atoms with Gasteiger partial charge in [-0.05, 0) is 92.2 Å². The maximum atomic E-state index is 13.1. The summed E-state index contributed by atoms with van der Waals surface area (Å²) in [6.07, 6.45) is 9.74. The molecule has 10 rings (SSSR count). The zero-order valence-corrected chi connectivity index (χ0v) is 31.4. The Morgan fingerprint density at radius 1 is 0.655 bits per heavy atom. The van der Waals surface area contributed by atoms with Crippen LogP contribution in [0.15, 0.2) is 109 Å². The van der Waals surface area contributed by atoms with Gasteiger partial charge in [0.05, 0.1) is 18.8 Å². The summed E-state index contributed by atoms with van der Waals surface area (Å²) in [7, 11) is 0. The quantitative estimate of drug-likeness (QED) is 0.203. The molecule has 286 valence electrons. The van der Waals surface area contributed by atoms with Gasteiger partial charge in [0.25, 0.3) is 0 Å². The lowest BCUT2D eigenvalue weighted by molar-refractivity contribution is 0.0895. The van der Waals surface area contributed by atoms with E-state index in [1.54, 1.807) is 4.90 Å². The first-order valence-electron chi connectivity index (χ1n) is 20.6. The summed E-state index contributed by atoms with van der Waals surface area (Å²) in [5.41, 5.74) is 10.2. The van der Waals surface area contributed by atoms with Crippen LogP contribution in [0.25, 0.3) is 0 Å². The molecule has 2 amide bonds. The zero-order valence-electron chi connectivity index (χ0n) is 32.4. The van der Waals surface area contributed by atoms with E-state index in [9.17, 15) is 15.8 Å². The van der Waals surface area contributed by atoms with E-state index >= 15 is 0 Å². The van der Waals surface area contributed by atoms with E-state index in [1.807, 2.05) is 114 Å². The summed E-state index contributed by atoms with van der Waals surface area (Å²) < 4.78 is 20.6. The fourth-order valence-electron chi connectivity index (χ4n) is 8.48. The fourth-order valence-corrected chi connectivity index (χ4v) is 8.48. The Balaban J connectivity index is 0.000000144. The van der Waals surface area contributed by atoms with Crippen LogP contribution >= 0.6 is 0 Å². The first kappa shape index (κ1) is 35.7. The van der Waals surface area contributed by atoms with Gasteiger partial charge in [0.1, 0.15) is 13.2 Å². The molecule has 3 N–H and O–H groups in total. The maximum absolute atomic E-state index is 13.1. The van der Waals surface area contributed by atoms with E-state index in [2.05, 4.69) is 5.32 Å². The molecule has 2 heterocycles. The highest BCUT2D eigenvalue weighted by Crippen LogP contribution is 2.49. The Kier molecular flexibility index (Phi) is 10.9. The van der Waals surface area contributed by atoms with Crippen molar-refractivity contribution in [2.45, 2.75) is 108 Å². The summed E-state index contributed by atoms with van der Waals surface area (Å²) >= 11 is 0. The summed E-state index contributed by atoms with van der Waals surface area (Å²) in [5.74, 6) is 0.164. The van der Waals surface area contributed by atoms with Gasteiger partial charge >= 0.3 is 12.2 Å². The molecule has 4 saturated carbocycles. The molecule has 0 aromatic heterocycles. The van der Waals surface area contributed by atoms with Gasteiger partial charge < -0.3 is 20.5 Å². The Morgan fingerprint density at radius 3 is 1.80 bits per heavy atom. The molecule has 5 atom stereocenters. The summed E-state index contributed by atoms with van der Waals surface area (Å²) in [4.78, 5) is 42.1. The van der Waals surface area contributed by atoms with Crippen molar-refractivity contribution >= 4 is 29.3 Å². The lowest BCUT2D eigenvalue weighted by Crippen LogP contribution is -2.51. The highest BCUT2D eigenvalue weighted by Gasteiger charge is 2.48. The lowest BCUT2D eigenvalue weighted by atomic mass is 9.83. The van der Waals surface area contributed by atoms with Crippen LogP contribution in [0.5, 0.6) is 0 Å². The number of rotatable bonds is 6. The van der Waals surface area contributed by atoms with Crippen molar-refractivity contribution < 1.29 is 25.2 Å². The monoisotopic (exact) mass is 741 g/mol. The number of ether oxygens (including phenoxy) is 2. The Labute approximate surface area is 325 Å². The first-order valence-corrected chi connectivity index (χ1v) is 20.1. The van der Waals surface area contributed by atoms with Crippen molar-refractivity contribution in [3.63, 3.8) is 0 Å². The summed E-state index contributed by atoms with van der Waals surface area (Å²) in [6.45, 7) is 0.506. The zero-order chi connectivity index (χ0) is 38.6. The summed E-state index contributed by atoms with van der Waals surface area (Å²) in [6, 6.07) is 34.8. The van der Waals surface area contributed by atoms with Gasteiger partial charge in [-0.1, -0.05) is 104 Å². The van der Waals surface area contributed by atoms with Crippen LogP contribution in [-0.4, -0.2) is 42.1 Å². The van der Waals surface area contributed by atoms with E-state index in [-0.39, 0.29) is 55.1 Å². The minimum atomic E-state index is -0.824. The second-order valence-corrected chi connectivity index (χ2v) is 15.6. The third kappa shape index (κ3) is 8.48. The van der Waals surface area contributed by atoms with Gasteiger partial charge in [0.15, 0.2) is 5.78 Å². The smallest absolute Gasteiger partial charge is 0.414 e. The summed E-state index contributed by atoms with van der Waals surface area (Å²) in [5, 5.41) is 3.60. The topological polar surface area (TPSA) is 114 Å². The molecule has 4 aliphatic carbocycles. The van der Waals surface area contributed by atoms with Crippen LogP contribution in [0, 0.1) is 11.8 Å². The molecule has 9 heteroatoms. The number of ketones is 1. The molecule has 2 aliphatic heterocycles. The SMILES string of the molecule is NC1CC1.O=C1c2ccccc2N(C(=O)OCc2ccccc2)C2CCCC12.[2H]C1(NC2CC2)c2ccccc2N(C(=O)OCc2ccccc2)C2CCCC21. The molecule has 9 nitrogen and oxygen atoms in total. The van der Waals surface area contributed by atoms with Crippen LogP contribution < -0.4 is 20.9 Å². The number of para-hydroxylation sites is 2. The Hall–Kier alpha value is -4.99. The maximum Gasteiger partial charge on any atom is 0.414 e. The highest BCUT2D eigenvalue weighted by atomic mass is 16.6. The number of benzene rings is 4. The van der Waals surface area contributed by atoms with E-state index < -0.39 is 6.02 Å².